The van der Waals surface area contributed by atoms with Crippen LogP contribution in [0.2, 0.25) is 0 Å². The zero-order valence-corrected chi connectivity index (χ0v) is 12.4. The molecule has 2 rings (SSSR count). The molecular weight excluding hydrogens is 295 g/mol. The van der Waals surface area contributed by atoms with Crippen molar-refractivity contribution in [1.82, 2.24) is 20.0 Å². The van der Waals surface area contributed by atoms with Crippen LogP contribution in [0.3, 0.4) is 0 Å². The molecule has 0 aliphatic heterocycles. The number of sulfonamides is 1. The van der Waals surface area contributed by atoms with E-state index >= 15 is 0 Å². The van der Waals surface area contributed by atoms with Gasteiger partial charge in [-0.2, -0.15) is 0 Å². The lowest BCUT2D eigenvalue weighted by molar-refractivity contribution is 0.575. The quantitative estimate of drug-likeness (QED) is 0.715. The molecule has 1 aromatic carbocycles. The van der Waals surface area contributed by atoms with Crippen molar-refractivity contribution in [3.8, 4) is 0 Å². The third-order valence-electron chi connectivity index (χ3n) is 2.88. The molecule has 0 unspecified atom stereocenters. The average Bonchev–Trinajstić information content (AvgIpc) is 2.97. The van der Waals surface area contributed by atoms with Crippen molar-refractivity contribution in [2.75, 3.05) is 6.54 Å². The van der Waals surface area contributed by atoms with Crippen LogP contribution in [0.5, 0.6) is 0 Å². The summed E-state index contributed by atoms with van der Waals surface area (Å²) in [4.78, 5) is 6.77. The summed E-state index contributed by atoms with van der Waals surface area (Å²) in [5.41, 5.74) is 0.317. The Kier molecular flexibility index (Phi) is 5.05. The topological polar surface area (TPSA) is 86.9 Å². The van der Waals surface area contributed by atoms with E-state index < -0.39 is 15.8 Å². The molecule has 0 amide bonds. The van der Waals surface area contributed by atoms with E-state index in [1.165, 1.54) is 18.3 Å². The van der Waals surface area contributed by atoms with Crippen LogP contribution in [0.25, 0.3) is 0 Å². The second-order valence-electron chi connectivity index (χ2n) is 4.39. The molecule has 0 radical (unpaired) electrons. The number of benzene rings is 1. The minimum atomic E-state index is -3.71. The van der Waals surface area contributed by atoms with E-state index in [4.69, 9.17) is 0 Å². The van der Waals surface area contributed by atoms with E-state index in [1.807, 2.05) is 6.92 Å². The Hall–Kier alpha value is -1.77. The number of nitrogens with zero attached hydrogens (tertiary/aromatic N) is 1. The van der Waals surface area contributed by atoms with Crippen LogP contribution in [-0.4, -0.2) is 24.9 Å². The van der Waals surface area contributed by atoms with Crippen molar-refractivity contribution in [3.05, 3.63) is 47.8 Å². The number of aromatic nitrogens is 2. The van der Waals surface area contributed by atoms with Crippen molar-refractivity contribution in [1.29, 1.82) is 0 Å². The first-order valence-corrected chi connectivity index (χ1v) is 7.98. The van der Waals surface area contributed by atoms with E-state index in [1.54, 1.807) is 6.20 Å². The molecule has 6 nitrogen and oxygen atoms in total. The van der Waals surface area contributed by atoms with Crippen LogP contribution in [0.1, 0.15) is 18.3 Å². The zero-order valence-electron chi connectivity index (χ0n) is 11.6. The van der Waals surface area contributed by atoms with Crippen LogP contribution >= 0.6 is 0 Å². The van der Waals surface area contributed by atoms with Gasteiger partial charge in [-0.15, -0.1) is 0 Å². The molecule has 0 spiro atoms. The molecule has 0 bridgehead atoms. The molecule has 1 aromatic heterocycles. The summed E-state index contributed by atoms with van der Waals surface area (Å²) < 4.78 is 40.4. The Morgan fingerprint density at radius 2 is 2.14 bits per heavy atom. The third-order valence-corrected chi connectivity index (χ3v) is 4.28. The Bertz CT molecular complexity index is 686. The lowest BCUT2D eigenvalue weighted by Gasteiger charge is -2.09. The molecule has 3 N–H and O–H groups in total. The minimum absolute atomic E-state index is 0.0309. The van der Waals surface area contributed by atoms with Gasteiger partial charge in [0.15, 0.2) is 0 Å². The van der Waals surface area contributed by atoms with Crippen molar-refractivity contribution >= 4 is 10.0 Å². The second-order valence-corrected chi connectivity index (χ2v) is 6.16. The van der Waals surface area contributed by atoms with Crippen molar-refractivity contribution in [2.45, 2.75) is 24.9 Å². The van der Waals surface area contributed by atoms with Gasteiger partial charge < -0.3 is 10.3 Å². The first-order valence-electron chi connectivity index (χ1n) is 6.50. The van der Waals surface area contributed by atoms with E-state index in [2.05, 4.69) is 20.0 Å². The lowest BCUT2D eigenvalue weighted by Crippen LogP contribution is -2.24. The van der Waals surface area contributed by atoms with Gasteiger partial charge in [0, 0.05) is 24.5 Å². The van der Waals surface area contributed by atoms with Gasteiger partial charge in [0.25, 0.3) is 0 Å². The van der Waals surface area contributed by atoms with E-state index in [0.717, 1.165) is 6.07 Å². The smallest absolute Gasteiger partial charge is 0.240 e. The number of nitrogens with one attached hydrogen (secondary N) is 3. The number of hydrogen-bond donors (Lipinski definition) is 3. The molecule has 8 heteroatoms. The van der Waals surface area contributed by atoms with Crippen LogP contribution in [0, 0.1) is 5.82 Å². The number of rotatable bonds is 7. The summed E-state index contributed by atoms with van der Waals surface area (Å²) >= 11 is 0. The number of halogens is 1. The first-order chi connectivity index (χ1) is 10.0. The van der Waals surface area contributed by atoms with E-state index in [0.29, 0.717) is 17.9 Å². The summed E-state index contributed by atoms with van der Waals surface area (Å²) in [7, 11) is -3.71. The van der Waals surface area contributed by atoms with E-state index in [-0.39, 0.29) is 18.0 Å². The second kappa shape index (κ2) is 6.79. The highest BCUT2D eigenvalue weighted by molar-refractivity contribution is 7.89. The number of aromatic amines is 1. The zero-order chi connectivity index (χ0) is 15.3. The molecule has 2 aromatic rings. The van der Waals surface area contributed by atoms with Crippen LogP contribution in [0.15, 0.2) is 35.5 Å². The highest BCUT2D eigenvalue weighted by atomic mass is 32.2. The van der Waals surface area contributed by atoms with Crippen molar-refractivity contribution in [3.63, 3.8) is 0 Å². The highest BCUT2D eigenvalue weighted by Crippen LogP contribution is 2.15. The normalized spacial score (nSPS) is 11.7. The van der Waals surface area contributed by atoms with Gasteiger partial charge in [-0.25, -0.2) is 22.5 Å². The Morgan fingerprint density at radius 3 is 2.81 bits per heavy atom. The van der Waals surface area contributed by atoms with Gasteiger partial charge >= 0.3 is 0 Å². The maximum Gasteiger partial charge on any atom is 0.240 e. The fourth-order valence-electron chi connectivity index (χ4n) is 1.75. The molecule has 114 valence electrons. The molecule has 1 heterocycles. The lowest BCUT2D eigenvalue weighted by atomic mass is 10.2. The fraction of sp³-hybridized carbons (Fsp3) is 0.308. The van der Waals surface area contributed by atoms with Gasteiger partial charge in [0.2, 0.25) is 10.0 Å². The highest BCUT2D eigenvalue weighted by Gasteiger charge is 2.16. The van der Waals surface area contributed by atoms with Crippen LogP contribution < -0.4 is 10.0 Å². The number of hydrogen-bond acceptors (Lipinski definition) is 4. The molecule has 0 saturated carbocycles. The van der Waals surface area contributed by atoms with Crippen LogP contribution in [0.4, 0.5) is 4.39 Å². The van der Waals surface area contributed by atoms with E-state index in [9.17, 15) is 12.8 Å². The number of imidazole rings is 1. The maximum absolute atomic E-state index is 13.6. The van der Waals surface area contributed by atoms with Crippen molar-refractivity contribution in [2.24, 2.45) is 0 Å². The summed E-state index contributed by atoms with van der Waals surface area (Å²) in [5.74, 6) is 0.0782. The van der Waals surface area contributed by atoms with Crippen molar-refractivity contribution < 1.29 is 12.8 Å². The predicted octanol–water partition coefficient (Wildman–Crippen LogP) is 1.14. The van der Waals surface area contributed by atoms with Gasteiger partial charge in [0.05, 0.1) is 11.4 Å². The Morgan fingerprint density at radius 1 is 1.33 bits per heavy atom. The van der Waals surface area contributed by atoms with Gasteiger partial charge in [-0.05, 0) is 24.7 Å². The maximum atomic E-state index is 13.6. The molecule has 0 aliphatic carbocycles. The first kappa shape index (κ1) is 15.6. The van der Waals surface area contributed by atoms with Crippen LogP contribution in [-0.2, 0) is 23.1 Å². The number of H-pyrrole nitrogens is 1. The fourth-order valence-corrected chi connectivity index (χ4v) is 2.79. The SMILES string of the molecule is CCNCc1cc(S(=O)(=O)NCc2ncc[nH]2)ccc1F. The summed E-state index contributed by atoms with van der Waals surface area (Å²) in [6.07, 6.45) is 3.14. The summed E-state index contributed by atoms with van der Waals surface area (Å²) in [6.45, 7) is 2.90. The van der Waals surface area contributed by atoms with Gasteiger partial charge in [-0.1, -0.05) is 6.92 Å². The largest absolute Gasteiger partial charge is 0.347 e. The molecule has 0 saturated heterocycles. The molecular formula is C13H17FN4O2S. The molecule has 21 heavy (non-hydrogen) atoms. The molecule has 0 fully saturated rings. The monoisotopic (exact) mass is 312 g/mol. The Balaban J connectivity index is 2.15. The molecule has 0 atom stereocenters. The molecule has 0 aliphatic rings. The minimum Gasteiger partial charge on any atom is -0.347 e. The summed E-state index contributed by atoms with van der Waals surface area (Å²) in [5, 5.41) is 2.97. The predicted molar refractivity (Wildman–Crippen MR) is 76.4 cm³/mol. The van der Waals surface area contributed by atoms with Gasteiger partial charge in [-0.3, -0.25) is 0 Å². The standard InChI is InChI=1S/C13H17FN4O2S/c1-2-15-8-10-7-11(3-4-12(10)14)21(19,20)18-9-13-16-5-6-17-13/h3-7,15,18H,2,8-9H2,1H3,(H,16,17). The average molecular weight is 312 g/mol. The Labute approximate surface area is 122 Å². The van der Waals surface area contributed by atoms with Gasteiger partial charge in [0.1, 0.15) is 11.6 Å². The summed E-state index contributed by atoms with van der Waals surface area (Å²) in [6, 6.07) is 3.74. The third kappa shape index (κ3) is 4.10.